The molecule has 2 N–H and O–H groups in total. The van der Waals surface area contributed by atoms with Crippen LogP contribution in [0, 0.1) is 0 Å². The monoisotopic (exact) mass is 293 g/mol. The fourth-order valence-electron chi connectivity index (χ4n) is 2.84. The van der Waals surface area contributed by atoms with E-state index in [2.05, 4.69) is 15.5 Å². The van der Waals surface area contributed by atoms with Crippen molar-refractivity contribution in [2.45, 2.75) is 69.3 Å². The average molecular weight is 293 g/mol. The van der Waals surface area contributed by atoms with Gasteiger partial charge in [-0.25, -0.2) is 0 Å². The van der Waals surface area contributed by atoms with Gasteiger partial charge in [0.05, 0.1) is 5.60 Å². The average Bonchev–Trinajstić information content (AvgIpc) is 3.23. The third-order valence-electron chi connectivity index (χ3n) is 4.39. The van der Waals surface area contributed by atoms with E-state index in [4.69, 9.17) is 4.52 Å². The molecule has 0 aromatic carbocycles. The predicted octanol–water partition coefficient (Wildman–Crippen LogP) is 1.69. The quantitative estimate of drug-likeness (QED) is 0.833. The standard InChI is InChI=1S/C15H23N3O3/c19-12(16-10-15(20)8-2-1-3-9-15)6-7-13-17-14(18-21-13)11-4-5-11/h11,20H,1-10H2,(H,16,19). The Labute approximate surface area is 124 Å². The summed E-state index contributed by atoms with van der Waals surface area (Å²) in [6.07, 6.45) is 7.87. The van der Waals surface area contributed by atoms with E-state index in [1.54, 1.807) is 0 Å². The number of aryl methyl sites for hydroxylation is 1. The van der Waals surface area contributed by atoms with Crippen molar-refractivity contribution in [1.82, 2.24) is 15.5 Å². The van der Waals surface area contributed by atoms with Gasteiger partial charge in [0, 0.05) is 25.3 Å². The number of aromatic nitrogens is 2. The molecule has 3 rings (SSSR count). The van der Waals surface area contributed by atoms with Gasteiger partial charge in [0.25, 0.3) is 0 Å². The molecule has 1 aromatic rings. The Morgan fingerprint density at radius 2 is 2.10 bits per heavy atom. The van der Waals surface area contributed by atoms with Crippen LogP contribution in [0.25, 0.3) is 0 Å². The van der Waals surface area contributed by atoms with E-state index in [0.717, 1.165) is 44.3 Å². The van der Waals surface area contributed by atoms with E-state index in [1.807, 2.05) is 0 Å². The number of hydrogen-bond acceptors (Lipinski definition) is 5. The second-order valence-electron chi connectivity index (χ2n) is 6.38. The van der Waals surface area contributed by atoms with Crippen LogP contribution in [0.5, 0.6) is 0 Å². The van der Waals surface area contributed by atoms with Crippen molar-refractivity contribution >= 4 is 5.91 Å². The Bertz CT molecular complexity index is 490. The molecule has 0 aliphatic heterocycles. The van der Waals surface area contributed by atoms with Crippen LogP contribution in [0.3, 0.4) is 0 Å². The highest BCUT2D eigenvalue weighted by molar-refractivity contribution is 5.76. The summed E-state index contributed by atoms with van der Waals surface area (Å²) in [6, 6.07) is 0. The summed E-state index contributed by atoms with van der Waals surface area (Å²) >= 11 is 0. The van der Waals surface area contributed by atoms with E-state index < -0.39 is 5.60 Å². The molecule has 2 aliphatic carbocycles. The molecule has 21 heavy (non-hydrogen) atoms. The van der Waals surface area contributed by atoms with Gasteiger partial charge in [-0.15, -0.1) is 0 Å². The topological polar surface area (TPSA) is 88.2 Å². The summed E-state index contributed by atoms with van der Waals surface area (Å²) in [5.74, 6) is 1.71. The van der Waals surface area contributed by atoms with E-state index in [1.165, 1.54) is 6.42 Å². The van der Waals surface area contributed by atoms with Gasteiger partial charge in [0.2, 0.25) is 11.8 Å². The second-order valence-corrected chi connectivity index (χ2v) is 6.38. The molecule has 1 aromatic heterocycles. The highest BCUT2D eigenvalue weighted by Crippen LogP contribution is 2.38. The minimum absolute atomic E-state index is 0.0693. The van der Waals surface area contributed by atoms with Crippen LogP contribution in [0.4, 0.5) is 0 Å². The van der Waals surface area contributed by atoms with Crippen LogP contribution in [-0.2, 0) is 11.2 Å². The van der Waals surface area contributed by atoms with Crippen LogP contribution in [-0.4, -0.2) is 33.3 Å². The Kier molecular flexibility index (Phi) is 4.24. The number of aliphatic hydroxyl groups is 1. The van der Waals surface area contributed by atoms with E-state index in [0.29, 0.717) is 31.2 Å². The maximum Gasteiger partial charge on any atom is 0.227 e. The lowest BCUT2D eigenvalue weighted by Gasteiger charge is -2.32. The minimum atomic E-state index is -0.711. The molecule has 2 aliphatic rings. The number of amides is 1. The second kappa shape index (κ2) is 6.13. The van der Waals surface area contributed by atoms with Crippen LogP contribution in [0.15, 0.2) is 4.52 Å². The first kappa shape index (κ1) is 14.5. The summed E-state index contributed by atoms with van der Waals surface area (Å²) in [6.45, 7) is 0.350. The van der Waals surface area contributed by atoms with Gasteiger partial charge in [-0.05, 0) is 25.7 Å². The van der Waals surface area contributed by atoms with Crippen molar-refractivity contribution in [3.8, 4) is 0 Å². The smallest absolute Gasteiger partial charge is 0.227 e. The molecule has 0 radical (unpaired) electrons. The molecule has 1 amide bonds. The molecular weight excluding hydrogens is 270 g/mol. The first-order valence-corrected chi connectivity index (χ1v) is 7.96. The summed E-state index contributed by atoms with van der Waals surface area (Å²) in [4.78, 5) is 16.1. The molecule has 0 unspecified atom stereocenters. The van der Waals surface area contributed by atoms with Gasteiger partial charge in [-0.2, -0.15) is 4.98 Å². The highest BCUT2D eigenvalue weighted by atomic mass is 16.5. The van der Waals surface area contributed by atoms with Gasteiger partial charge in [-0.1, -0.05) is 24.4 Å². The summed E-state index contributed by atoms with van der Waals surface area (Å²) in [5, 5.41) is 17.1. The Hall–Kier alpha value is -1.43. The maximum atomic E-state index is 11.8. The number of nitrogens with one attached hydrogen (secondary N) is 1. The molecule has 6 heteroatoms. The van der Waals surface area contributed by atoms with Gasteiger partial charge >= 0.3 is 0 Å². The zero-order valence-corrected chi connectivity index (χ0v) is 12.3. The van der Waals surface area contributed by atoms with Crippen LogP contribution in [0.2, 0.25) is 0 Å². The summed E-state index contributed by atoms with van der Waals surface area (Å²) < 4.78 is 5.14. The molecule has 6 nitrogen and oxygen atoms in total. The van der Waals surface area contributed by atoms with Crippen LogP contribution < -0.4 is 5.32 Å². The zero-order valence-electron chi connectivity index (χ0n) is 12.3. The fourth-order valence-corrected chi connectivity index (χ4v) is 2.84. The molecule has 116 valence electrons. The number of carbonyl (C=O) groups is 1. The van der Waals surface area contributed by atoms with Crippen molar-refractivity contribution in [3.05, 3.63) is 11.7 Å². The molecule has 2 fully saturated rings. The SMILES string of the molecule is O=C(CCc1nc(C2CC2)no1)NCC1(O)CCCCC1. The normalized spacial score (nSPS) is 21.2. The summed E-state index contributed by atoms with van der Waals surface area (Å²) in [5.41, 5.74) is -0.711. The largest absolute Gasteiger partial charge is 0.388 e. The predicted molar refractivity (Wildman–Crippen MR) is 75.6 cm³/mol. The highest BCUT2D eigenvalue weighted by Gasteiger charge is 2.30. The number of nitrogens with zero attached hydrogens (tertiary/aromatic N) is 2. The first-order chi connectivity index (χ1) is 10.1. The molecule has 0 bridgehead atoms. The van der Waals surface area contributed by atoms with Crippen molar-refractivity contribution in [2.75, 3.05) is 6.54 Å². The molecule has 1 heterocycles. The lowest BCUT2D eigenvalue weighted by atomic mass is 9.85. The van der Waals surface area contributed by atoms with Gasteiger partial charge < -0.3 is 14.9 Å². The zero-order chi connectivity index (χ0) is 14.7. The Morgan fingerprint density at radius 1 is 1.33 bits per heavy atom. The van der Waals surface area contributed by atoms with Crippen molar-refractivity contribution < 1.29 is 14.4 Å². The number of rotatable bonds is 6. The lowest BCUT2D eigenvalue weighted by Crippen LogP contribution is -2.44. The van der Waals surface area contributed by atoms with E-state index >= 15 is 0 Å². The summed E-state index contributed by atoms with van der Waals surface area (Å²) in [7, 11) is 0. The van der Waals surface area contributed by atoms with Crippen molar-refractivity contribution in [1.29, 1.82) is 0 Å². The van der Waals surface area contributed by atoms with Crippen molar-refractivity contribution in [2.24, 2.45) is 0 Å². The molecule has 2 saturated carbocycles. The van der Waals surface area contributed by atoms with Gasteiger partial charge in [0.15, 0.2) is 5.82 Å². The van der Waals surface area contributed by atoms with Gasteiger partial charge in [0.1, 0.15) is 0 Å². The third kappa shape index (κ3) is 4.03. The van der Waals surface area contributed by atoms with Crippen LogP contribution >= 0.6 is 0 Å². The molecule has 0 atom stereocenters. The lowest BCUT2D eigenvalue weighted by molar-refractivity contribution is -0.122. The minimum Gasteiger partial charge on any atom is -0.388 e. The van der Waals surface area contributed by atoms with E-state index in [9.17, 15) is 9.90 Å². The molecule has 0 spiro atoms. The third-order valence-corrected chi connectivity index (χ3v) is 4.39. The molecule has 0 saturated heterocycles. The fraction of sp³-hybridized carbons (Fsp3) is 0.800. The first-order valence-electron chi connectivity index (χ1n) is 7.96. The Balaban J connectivity index is 1.39. The Morgan fingerprint density at radius 3 is 2.81 bits per heavy atom. The maximum absolute atomic E-state index is 11.8. The van der Waals surface area contributed by atoms with Crippen LogP contribution in [0.1, 0.15) is 69.0 Å². The number of carbonyl (C=O) groups excluding carboxylic acids is 1. The van der Waals surface area contributed by atoms with Crippen molar-refractivity contribution in [3.63, 3.8) is 0 Å². The van der Waals surface area contributed by atoms with Gasteiger partial charge in [-0.3, -0.25) is 4.79 Å². The van der Waals surface area contributed by atoms with E-state index in [-0.39, 0.29) is 5.91 Å². The molecular formula is C15H23N3O3. The number of hydrogen-bond donors (Lipinski definition) is 2.